The maximum atomic E-state index is 13.1. The lowest BCUT2D eigenvalue weighted by molar-refractivity contribution is -0.161. The molecular weight excluding hydrogens is 1310 g/mol. The molecule has 0 aliphatic rings. The Hall–Kier alpha value is -3.50. The fourth-order valence-electron chi connectivity index (χ4n) is 11.0. The van der Waals surface area contributed by atoms with Crippen molar-refractivity contribution < 1.29 is 80.2 Å². The van der Waals surface area contributed by atoms with Gasteiger partial charge in [0.2, 0.25) is 0 Å². The number of carbonyl (C=O) groups excluding carboxylic acids is 4. The van der Waals surface area contributed by atoms with E-state index in [9.17, 15) is 43.2 Å². The second-order valence-electron chi connectivity index (χ2n) is 27.0. The molecule has 0 radical (unpaired) electrons. The molecule has 0 aromatic carbocycles. The lowest BCUT2D eigenvalue weighted by Gasteiger charge is -2.21. The number of rotatable bonds is 76. The first kappa shape index (κ1) is 96.5. The van der Waals surface area contributed by atoms with E-state index in [1.165, 1.54) is 167 Å². The highest BCUT2D eigenvalue weighted by atomic mass is 31.2. The van der Waals surface area contributed by atoms with Crippen molar-refractivity contribution in [3.63, 3.8) is 0 Å². The molecule has 100 heavy (non-hydrogen) atoms. The maximum absolute atomic E-state index is 13.1. The predicted octanol–water partition coefficient (Wildman–Crippen LogP) is 23.2. The van der Waals surface area contributed by atoms with Crippen molar-refractivity contribution in [1.29, 1.82) is 0 Å². The van der Waals surface area contributed by atoms with Crippen molar-refractivity contribution in [3.05, 3.63) is 72.9 Å². The fraction of sp³-hybridized carbons (Fsp3) is 0.802. The van der Waals surface area contributed by atoms with Gasteiger partial charge in [-0.1, -0.05) is 319 Å². The number of carbonyl (C=O) groups is 4. The van der Waals surface area contributed by atoms with Gasteiger partial charge < -0.3 is 33.8 Å². The van der Waals surface area contributed by atoms with Crippen molar-refractivity contribution in [1.82, 2.24) is 0 Å². The molecule has 0 saturated heterocycles. The summed E-state index contributed by atoms with van der Waals surface area (Å²) in [6.45, 7) is 4.81. The third kappa shape index (κ3) is 72.8. The molecule has 0 rings (SSSR count). The summed E-state index contributed by atoms with van der Waals surface area (Å²) < 4.78 is 68.5. The summed E-state index contributed by atoms with van der Waals surface area (Å²) in [4.78, 5) is 72.9. The number of hydrogen-bond donors (Lipinski definition) is 3. The normalized spacial score (nSPS) is 14.3. The van der Waals surface area contributed by atoms with E-state index in [0.29, 0.717) is 32.1 Å². The number of aliphatic hydroxyl groups excluding tert-OH is 1. The van der Waals surface area contributed by atoms with Crippen LogP contribution in [0.1, 0.15) is 362 Å². The lowest BCUT2D eigenvalue weighted by Crippen LogP contribution is -2.30. The van der Waals surface area contributed by atoms with Gasteiger partial charge in [0.1, 0.15) is 19.3 Å². The second kappa shape index (κ2) is 73.8. The Morgan fingerprint density at radius 1 is 0.280 bits per heavy atom. The smallest absolute Gasteiger partial charge is 0.462 e. The zero-order valence-corrected chi connectivity index (χ0v) is 65.4. The Morgan fingerprint density at radius 3 is 0.840 bits per heavy atom. The summed E-state index contributed by atoms with van der Waals surface area (Å²) in [5.74, 6) is -2.25. The number of esters is 4. The fourth-order valence-corrected chi connectivity index (χ4v) is 12.6. The zero-order valence-electron chi connectivity index (χ0n) is 63.6. The van der Waals surface area contributed by atoms with Gasteiger partial charge in [0.05, 0.1) is 26.4 Å². The molecule has 0 aromatic rings. The van der Waals surface area contributed by atoms with Gasteiger partial charge in [-0.15, -0.1) is 0 Å². The number of ether oxygens (including phenoxy) is 4. The Morgan fingerprint density at radius 2 is 0.510 bits per heavy atom. The molecule has 0 spiro atoms. The lowest BCUT2D eigenvalue weighted by atomic mass is 10.0. The van der Waals surface area contributed by atoms with Crippen LogP contribution in [0.3, 0.4) is 0 Å². The molecule has 2 unspecified atom stereocenters. The Kier molecular flexibility index (Phi) is 71.2. The minimum atomic E-state index is -4.99. The van der Waals surface area contributed by atoms with Gasteiger partial charge in [-0.25, -0.2) is 9.13 Å². The minimum Gasteiger partial charge on any atom is -0.462 e. The Labute approximate surface area is 609 Å². The molecule has 17 nitrogen and oxygen atoms in total. The molecule has 0 aromatic heterocycles. The van der Waals surface area contributed by atoms with E-state index < -0.39 is 97.5 Å². The molecule has 0 bridgehead atoms. The van der Waals surface area contributed by atoms with E-state index in [2.05, 4.69) is 82.4 Å². The van der Waals surface area contributed by atoms with E-state index in [1.54, 1.807) is 0 Å². The van der Waals surface area contributed by atoms with Crippen LogP contribution >= 0.6 is 15.6 Å². The molecule has 0 fully saturated rings. The Balaban J connectivity index is 5.38. The molecular formula is C81H146O17P2. The maximum Gasteiger partial charge on any atom is 0.472 e. The molecule has 5 atom stereocenters. The molecule has 19 heteroatoms. The SMILES string of the molecule is CCCCC/C=C\C/C=C\C/C=C\C/C=C\C/C=C\CCC(=O)O[C@H](COC(=O)CCCCCCCCCCCCCCC)COP(=O)(O)OC[C@H](O)COP(=O)(O)OC[C@@H](COC(=O)CCCCCCC/C=C\CCCCCCCC)OC(=O)CCCCCCCCCCCCCCC. The first-order chi connectivity index (χ1) is 48.7. The second-order valence-corrected chi connectivity index (χ2v) is 29.9. The van der Waals surface area contributed by atoms with Gasteiger partial charge in [-0.2, -0.15) is 0 Å². The quantitative estimate of drug-likeness (QED) is 0.0169. The zero-order chi connectivity index (χ0) is 73.2. The van der Waals surface area contributed by atoms with Crippen molar-refractivity contribution in [2.45, 2.75) is 380 Å². The number of aliphatic hydroxyl groups is 1. The first-order valence-corrected chi connectivity index (χ1v) is 43.2. The van der Waals surface area contributed by atoms with Crippen LogP contribution in [0.5, 0.6) is 0 Å². The minimum absolute atomic E-state index is 0.0243. The monoisotopic (exact) mass is 1450 g/mol. The summed E-state index contributed by atoms with van der Waals surface area (Å²) in [6.07, 6.45) is 74.7. The van der Waals surface area contributed by atoms with Crippen molar-refractivity contribution >= 4 is 39.5 Å². The van der Waals surface area contributed by atoms with E-state index in [4.69, 9.17) is 37.0 Å². The number of allylic oxidation sites excluding steroid dienone is 12. The molecule has 3 N–H and O–H groups in total. The molecule has 0 aliphatic heterocycles. The molecule has 0 saturated carbocycles. The van der Waals surface area contributed by atoms with Gasteiger partial charge >= 0.3 is 39.5 Å². The number of unbranched alkanes of at least 4 members (excludes halogenated alkanes) is 38. The van der Waals surface area contributed by atoms with E-state index in [0.717, 1.165) is 109 Å². The van der Waals surface area contributed by atoms with Gasteiger partial charge in [-0.3, -0.25) is 37.3 Å². The van der Waals surface area contributed by atoms with Crippen LogP contribution in [-0.2, 0) is 65.4 Å². The van der Waals surface area contributed by atoms with Gasteiger partial charge in [0, 0.05) is 25.7 Å². The van der Waals surface area contributed by atoms with Crippen molar-refractivity contribution in [3.8, 4) is 0 Å². The predicted molar refractivity (Wildman–Crippen MR) is 409 cm³/mol. The molecule has 0 heterocycles. The highest BCUT2D eigenvalue weighted by molar-refractivity contribution is 7.47. The van der Waals surface area contributed by atoms with Crippen LogP contribution in [-0.4, -0.2) is 96.7 Å². The summed E-state index contributed by atoms with van der Waals surface area (Å²) >= 11 is 0. The molecule has 0 aliphatic carbocycles. The number of phosphoric acid groups is 2. The highest BCUT2D eigenvalue weighted by Crippen LogP contribution is 2.45. The topological polar surface area (TPSA) is 237 Å². The van der Waals surface area contributed by atoms with E-state index >= 15 is 0 Å². The third-order valence-corrected chi connectivity index (χ3v) is 19.1. The van der Waals surface area contributed by atoms with Gasteiger partial charge in [0.15, 0.2) is 12.2 Å². The largest absolute Gasteiger partial charge is 0.472 e. The average Bonchev–Trinajstić information content (AvgIpc) is 0.929. The summed E-state index contributed by atoms with van der Waals surface area (Å²) in [7, 11) is -9.96. The molecule has 0 amide bonds. The van der Waals surface area contributed by atoms with E-state index in [-0.39, 0.29) is 25.7 Å². The summed E-state index contributed by atoms with van der Waals surface area (Å²) in [5, 5.41) is 10.6. The average molecular weight is 1450 g/mol. The number of phosphoric ester groups is 2. The Bertz CT molecular complexity index is 2180. The van der Waals surface area contributed by atoms with Crippen LogP contribution in [0.25, 0.3) is 0 Å². The van der Waals surface area contributed by atoms with Crippen LogP contribution < -0.4 is 0 Å². The van der Waals surface area contributed by atoms with Crippen LogP contribution in [0.4, 0.5) is 0 Å². The van der Waals surface area contributed by atoms with Crippen molar-refractivity contribution in [2.75, 3.05) is 39.6 Å². The van der Waals surface area contributed by atoms with E-state index in [1.807, 2.05) is 18.2 Å². The molecule has 582 valence electrons. The van der Waals surface area contributed by atoms with Crippen LogP contribution in [0, 0.1) is 0 Å². The standard InChI is InChI=1S/C81H146O17P2/c1-5-9-13-17-21-25-29-33-35-36-37-38-40-44-48-52-56-60-64-68-81(86)98-77(71-91-78(83)65-61-57-53-49-45-41-31-27-23-19-15-11-7-3)74-96-100(89,90)94-70-75(82)69-93-99(87,88)95-73-76(97-80(85)67-63-59-55-51-47-42-32-28-24-20-16-12-8-4)72-92-79(84)66-62-58-54-50-46-43-39-34-30-26-22-18-14-10-6-2/h21,25,33-35,37-39,44,48,56,60,75-77,82H,5-20,22-24,26-32,36,40-43,45-47,49-55,57-59,61-74H2,1-4H3,(H,87,88)(H,89,90)/b25-21-,35-33-,38-37-,39-34-,48-44-,60-56-/t75-,76-,77-/m1/s1. The van der Waals surface area contributed by atoms with Crippen molar-refractivity contribution in [2.24, 2.45) is 0 Å². The summed E-state index contributed by atoms with van der Waals surface area (Å²) in [6, 6.07) is 0. The number of hydrogen-bond acceptors (Lipinski definition) is 15. The first-order valence-electron chi connectivity index (χ1n) is 40.2. The summed E-state index contributed by atoms with van der Waals surface area (Å²) in [5.41, 5.74) is 0. The highest BCUT2D eigenvalue weighted by Gasteiger charge is 2.30. The third-order valence-electron chi connectivity index (χ3n) is 17.2. The van der Waals surface area contributed by atoms with Crippen LogP contribution in [0.15, 0.2) is 72.9 Å². The van der Waals surface area contributed by atoms with Gasteiger partial charge in [-0.05, 0) is 89.9 Å². The van der Waals surface area contributed by atoms with Gasteiger partial charge in [0.25, 0.3) is 0 Å². The van der Waals surface area contributed by atoms with Crippen LogP contribution in [0.2, 0.25) is 0 Å².